The van der Waals surface area contributed by atoms with E-state index in [2.05, 4.69) is 20.3 Å². The van der Waals surface area contributed by atoms with Crippen molar-refractivity contribution in [3.05, 3.63) is 108 Å². The number of amides is 2. The molecule has 2 heterocycles. The lowest BCUT2D eigenvalue weighted by atomic mass is 10.0. The van der Waals surface area contributed by atoms with Gasteiger partial charge < -0.3 is 15.0 Å². The number of hydrogen-bond acceptors (Lipinski definition) is 5. The number of ether oxygens (including phenoxy) is 1. The summed E-state index contributed by atoms with van der Waals surface area (Å²) in [5.41, 5.74) is 2.00. The molecule has 0 spiro atoms. The quantitative estimate of drug-likeness (QED) is 0.334. The van der Waals surface area contributed by atoms with Gasteiger partial charge in [-0.15, -0.1) is 0 Å². The molecule has 8 nitrogen and oxygen atoms in total. The molecule has 1 atom stereocenters. The third-order valence-corrected chi connectivity index (χ3v) is 5.54. The molecule has 2 amide bonds. The first-order chi connectivity index (χ1) is 17.9. The average Bonchev–Trinajstić information content (AvgIpc) is 3.43. The number of nitrogens with zero attached hydrogens (tertiary/aromatic N) is 3. The van der Waals surface area contributed by atoms with Crippen LogP contribution in [0.4, 0.5) is 10.1 Å². The molecular weight excluding hydrogens is 473 g/mol. The Morgan fingerprint density at radius 1 is 1.05 bits per heavy atom. The molecule has 0 fully saturated rings. The number of nitrogens with one attached hydrogen (secondary N) is 2. The van der Waals surface area contributed by atoms with Crippen molar-refractivity contribution in [3.8, 4) is 5.75 Å². The number of H-pyrrole nitrogens is 1. The number of anilines is 1. The maximum Gasteiger partial charge on any atom is 0.277 e. The number of benzene rings is 2. The van der Waals surface area contributed by atoms with Gasteiger partial charge in [-0.25, -0.2) is 9.37 Å². The van der Waals surface area contributed by atoms with Gasteiger partial charge in [0.25, 0.3) is 5.91 Å². The first-order valence-electron chi connectivity index (χ1n) is 11.9. The Balaban J connectivity index is 1.67. The van der Waals surface area contributed by atoms with Gasteiger partial charge >= 0.3 is 0 Å². The molecule has 190 valence electrons. The molecule has 0 bridgehead atoms. The summed E-state index contributed by atoms with van der Waals surface area (Å²) in [6, 6.07) is 15.6. The smallest absolute Gasteiger partial charge is 0.277 e. The van der Waals surface area contributed by atoms with Crippen molar-refractivity contribution in [2.45, 2.75) is 32.4 Å². The minimum absolute atomic E-state index is 0.0133. The Morgan fingerprint density at radius 3 is 2.51 bits per heavy atom. The zero-order valence-electron chi connectivity index (χ0n) is 20.6. The first-order valence-corrected chi connectivity index (χ1v) is 11.9. The molecule has 2 N–H and O–H groups in total. The number of hydrogen-bond donors (Lipinski definition) is 2. The van der Waals surface area contributed by atoms with Crippen LogP contribution in [-0.2, 0) is 11.2 Å². The highest BCUT2D eigenvalue weighted by Gasteiger charge is 2.34. The standard InChI is InChI=1S/C28H28FN5O3/c1-19(2)37-24-10-8-23(9-11-24)34(28(36)25-17-31-18-33-25)26(21-6-4-13-30-16-21)27(35)32-14-12-20-5-3-7-22(29)15-20/h3-11,13,15-19,26H,12,14H2,1-2H3,(H,31,33)(H,32,35). The fourth-order valence-electron chi connectivity index (χ4n) is 3.92. The van der Waals surface area contributed by atoms with Crippen molar-refractivity contribution >= 4 is 17.5 Å². The van der Waals surface area contributed by atoms with Gasteiger partial charge in [0, 0.05) is 30.2 Å². The molecule has 4 aromatic rings. The largest absolute Gasteiger partial charge is 0.491 e. The van der Waals surface area contributed by atoms with Crippen LogP contribution < -0.4 is 15.0 Å². The molecule has 9 heteroatoms. The first kappa shape index (κ1) is 25.6. The number of aromatic amines is 1. The molecule has 0 saturated heterocycles. The highest BCUT2D eigenvalue weighted by Crippen LogP contribution is 2.30. The van der Waals surface area contributed by atoms with Crippen LogP contribution in [0.2, 0.25) is 0 Å². The van der Waals surface area contributed by atoms with Gasteiger partial charge in [0.1, 0.15) is 23.3 Å². The zero-order valence-corrected chi connectivity index (χ0v) is 20.6. The van der Waals surface area contributed by atoms with Crippen molar-refractivity contribution in [2.24, 2.45) is 0 Å². The van der Waals surface area contributed by atoms with Gasteiger partial charge in [0.05, 0.1) is 18.6 Å². The summed E-state index contributed by atoms with van der Waals surface area (Å²) in [6.07, 6.45) is 6.39. The van der Waals surface area contributed by atoms with E-state index in [4.69, 9.17) is 4.74 Å². The van der Waals surface area contributed by atoms with Crippen LogP contribution in [-0.4, -0.2) is 39.4 Å². The minimum atomic E-state index is -1.03. The van der Waals surface area contributed by atoms with Crippen LogP contribution in [0.5, 0.6) is 5.75 Å². The van der Waals surface area contributed by atoms with Crippen molar-refractivity contribution in [3.63, 3.8) is 0 Å². The monoisotopic (exact) mass is 501 g/mol. The third-order valence-electron chi connectivity index (χ3n) is 5.54. The maximum absolute atomic E-state index is 13.7. The number of carbonyl (C=O) groups excluding carboxylic acids is 2. The Kier molecular flexibility index (Phi) is 8.25. The topological polar surface area (TPSA) is 100 Å². The van der Waals surface area contributed by atoms with E-state index in [1.165, 1.54) is 29.6 Å². The number of imidazole rings is 1. The van der Waals surface area contributed by atoms with Crippen LogP contribution in [0.1, 0.15) is 41.5 Å². The second-order valence-electron chi connectivity index (χ2n) is 8.66. The van der Waals surface area contributed by atoms with E-state index >= 15 is 0 Å². The van der Waals surface area contributed by atoms with E-state index in [0.717, 1.165) is 5.56 Å². The summed E-state index contributed by atoms with van der Waals surface area (Å²) in [5.74, 6) is -0.535. The molecule has 2 aromatic carbocycles. The summed E-state index contributed by atoms with van der Waals surface area (Å²) in [6.45, 7) is 4.11. The molecule has 2 aromatic heterocycles. The van der Waals surface area contributed by atoms with E-state index in [-0.39, 0.29) is 24.2 Å². The molecule has 1 unspecified atom stereocenters. The van der Waals surface area contributed by atoms with Crippen LogP contribution in [0.3, 0.4) is 0 Å². The lowest BCUT2D eigenvalue weighted by molar-refractivity contribution is -0.122. The Hall–Kier alpha value is -4.53. The summed E-state index contributed by atoms with van der Waals surface area (Å²) >= 11 is 0. The molecular formula is C28H28FN5O3. The second kappa shape index (κ2) is 11.9. The highest BCUT2D eigenvalue weighted by molar-refractivity contribution is 6.09. The van der Waals surface area contributed by atoms with Crippen molar-refractivity contribution in [2.75, 3.05) is 11.4 Å². The molecule has 0 aliphatic heterocycles. The molecule has 0 aliphatic rings. The molecule has 0 aliphatic carbocycles. The van der Waals surface area contributed by atoms with Crippen LogP contribution in [0, 0.1) is 5.82 Å². The van der Waals surface area contributed by atoms with Crippen molar-refractivity contribution < 1.29 is 18.7 Å². The Morgan fingerprint density at radius 2 is 1.86 bits per heavy atom. The maximum atomic E-state index is 13.7. The lowest BCUT2D eigenvalue weighted by Gasteiger charge is -2.31. The molecule has 4 rings (SSSR count). The summed E-state index contributed by atoms with van der Waals surface area (Å²) < 4.78 is 19.3. The molecule has 0 saturated carbocycles. The van der Waals surface area contributed by atoms with E-state index < -0.39 is 17.9 Å². The van der Waals surface area contributed by atoms with Gasteiger partial charge in [-0.1, -0.05) is 18.2 Å². The fourth-order valence-corrected chi connectivity index (χ4v) is 3.92. The average molecular weight is 502 g/mol. The second-order valence-corrected chi connectivity index (χ2v) is 8.66. The predicted molar refractivity (Wildman–Crippen MR) is 138 cm³/mol. The summed E-state index contributed by atoms with van der Waals surface area (Å²) in [4.78, 5) is 39.7. The number of halogens is 1. The fraction of sp³-hybridized carbons (Fsp3) is 0.214. The number of pyridine rings is 1. The molecule has 0 radical (unpaired) electrons. The van der Waals surface area contributed by atoms with Gasteiger partial charge in [-0.2, -0.15) is 0 Å². The van der Waals surface area contributed by atoms with Crippen LogP contribution >= 0.6 is 0 Å². The predicted octanol–water partition coefficient (Wildman–Crippen LogP) is 4.48. The highest BCUT2D eigenvalue weighted by atomic mass is 19.1. The summed E-state index contributed by atoms with van der Waals surface area (Å²) in [5, 5.41) is 2.90. The SMILES string of the molecule is CC(C)Oc1ccc(N(C(=O)c2cnc[nH]2)C(C(=O)NCCc2cccc(F)c2)c2cccnc2)cc1. The molecule has 37 heavy (non-hydrogen) atoms. The number of aromatic nitrogens is 3. The van der Waals surface area contributed by atoms with Gasteiger partial charge in [0.2, 0.25) is 5.91 Å². The van der Waals surface area contributed by atoms with Crippen molar-refractivity contribution in [1.29, 1.82) is 0 Å². The third kappa shape index (κ3) is 6.58. The lowest BCUT2D eigenvalue weighted by Crippen LogP contribution is -2.44. The van der Waals surface area contributed by atoms with Crippen LogP contribution in [0.25, 0.3) is 0 Å². The van der Waals surface area contributed by atoms with E-state index in [0.29, 0.717) is 23.4 Å². The van der Waals surface area contributed by atoms with E-state index in [9.17, 15) is 14.0 Å². The zero-order chi connectivity index (χ0) is 26.2. The number of carbonyl (C=O) groups is 2. The van der Waals surface area contributed by atoms with Gasteiger partial charge in [-0.05, 0) is 68.3 Å². The van der Waals surface area contributed by atoms with Gasteiger partial charge in [0.15, 0.2) is 0 Å². The summed E-state index contributed by atoms with van der Waals surface area (Å²) in [7, 11) is 0. The normalized spacial score (nSPS) is 11.7. The Labute approximate surface area is 214 Å². The van der Waals surface area contributed by atoms with Crippen LogP contribution in [0.15, 0.2) is 85.6 Å². The van der Waals surface area contributed by atoms with E-state index in [1.807, 2.05) is 13.8 Å². The number of rotatable bonds is 10. The minimum Gasteiger partial charge on any atom is -0.491 e. The van der Waals surface area contributed by atoms with Gasteiger partial charge in [-0.3, -0.25) is 19.5 Å². The Bertz CT molecular complexity index is 1310. The van der Waals surface area contributed by atoms with E-state index in [1.54, 1.807) is 60.9 Å². The van der Waals surface area contributed by atoms with Crippen molar-refractivity contribution in [1.82, 2.24) is 20.3 Å².